The Kier molecular flexibility index (Phi) is 3.48. The van der Waals surface area contributed by atoms with Gasteiger partial charge in [0.05, 0.1) is 17.9 Å². The fraction of sp³-hybridized carbons (Fsp3) is 0.333. The summed E-state index contributed by atoms with van der Waals surface area (Å²) in [6.07, 6.45) is -0.608. The van der Waals surface area contributed by atoms with Crippen LogP contribution in [0, 0.1) is 13.8 Å². The second-order valence-electron chi connectivity index (χ2n) is 5.20. The van der Waals surface area contributed by atoms with Gasteiger partial charge in [-0.05, 0) is 44.2 Å². The van der Waals surface area contributed by atoms with E-state index in [0.717, 1.165) is 17.1 Å². The van der Waals surface area contributed by atoms with Crippen LogP contribution in [-0.2, 0) is 4.84 Å². The van der Waals surface area contributed by atoms with Crippen LogP contribution in [0.5, 0.6) is 0 Å². The molecule has 1 amide bonds. The van der Waals surface area contributed by atoms with Gasteiger partial charge >= 0.3 is 0 Å². The van der Waals surface area contributed by atoms with Crippen LogP contribution < -0.4 is 0 Å². The summed E-state index contributed by atoms with van der Waals surface area (Å²) in [5.41, 5.74) is 3.42. The number of aryl methyl sites for hydroxylation is 2. The molecule has 6 heteroatoms. The Morgan fingerprint density at radius 1 is 1.33 bits per heavy atom. The van der Waals surface area contributed by atoms with Gasteiger partial charge in [-0.1, -0.05) is 0 Å². The zero-order valence-corrected chi connectivity index (χ0v) is 12.0. The van der Waals surface area contributed by atoms with Crippen molar-refractivity contribution in [1.82, 2.24) is 14.8 Å². The summed E-state index contributed by atoms with van der Waals surface area (Å²) >= 11 is 0. The van der Waals surface area contributed by atoms with Crippen molar-refractivity contribution < 1.29 is 14.7 Å². The number of rotatable bonds is 2. The minimum atomic E-state index is -0.608. The molecule has 1 N–H and O–H groups in total. The molecule has 21 heavy (non-hydrogen) atoms. The minimum absolute atomic E-state index is 0.162. The zero-order chi connectivity index (χ0) is 15.0. The molecule has 2 heterocycles. The van der Waals surface area contributed by atoms with Gasteiger partial charge in [-0.2, -0.15) is 5.10 Å². The molecule has 1 atom stereocenters. The largest absolute Gasteiger partial charge is 0.389 e. The highest BCUT2D eigenvalue weighted by Crippen LogP contribution is 2.16. The van der Waals surface area contributed by atoms with Gasteiger partial charge in [0.15, 0.2) is 0 Å². The minimum Gasteiger partial charge on any atom is -0.389 e. The first-order valence-electron chi connectivity index (χ1n) is 6.81. The molecular formula is C15H17N3O3. The van der Waals surface area contributed by atoms with E-state index < -0.39 is 6.10 Å². The molecule has 6 nitrogen and oxygen atoms in total. The van der Waals surface area contributed by atoms with Crippen molar-refractivity contribution in [3.63, 3.8) is 0 Å². The molecule has 1 aromatic heterocycles. The van der Waals surface area contributed by atoms with E-state index in [1.807, 2.05) is 36.7 Å². The van der Waals surface area contributed by atoms with Gasteiger partial charge in [0.1, 0.15) is 12.7 Å². The lowest BCUT2D eigenvalue weighted by Gasteiger charge is -2.14. The van der Waals surface area contributed by atoms with Crippen LogP contribution in [0.1, 0.15) is 21.7 Å². The van der Waals surface area contributed by atoms with E-state index in [4.69, 9.17) is 4.84 Å². The molecule has 0 unspecified atom stereocenters. The van der Waals surface area contributed by atoms with E-state index in [0.29, 0.717) is 5.56 Å². The van der Waals surface area contributed by atoms with Crippen LogP contribution in [0.3, 0.4) is 0 Å². The number of hydroxylamine groups is 2. The summed E-state index contributed by atoms with van der Waals surface area (Å²) < 4.78 is 1.83. The summed E-state index contributed by atoms with van der Waals surface area (Å²) in [4.78, 5) is 17.3. The molecule has 3 rings (SSSR count). The van der Waals surface area contributed by atoms with Crippen molar-refractivity contribution in [2.45, 2.75) is 20.0 Å². The third-order valence-electron chi connectivity index (χ3n) is 3.39. The fourth-order valence-corrected chi connectivity index (χ4v) is 2.39. The molecule has 0 spiro atoms. The standard InChI is InChI=1S/C15H17N3O3/c1-10-7-11(2)18(16-10)13-5-3-12(4-6-13)15(20)17-8-14(19)9-21-17/h3-7,14,19H,8-9H2,1-2H3/t14-/m1/s1. The van der Waals surface area contributed by atoms with Gasteiger partial charge in [-0.25, -0.2) is 9.75 Å². The maximum Gasteiger partial charge on any atom is 0.277 e. The maximum absolute atomic E-state index is 12.2. The van der Waals surface area contributed by atoms with Gasteiger partial charge in [0, 0.05) is 11.3 Å². The molecule has 0 bridgehead atoms. The number of carbonyl (C=O) groups excluding carboxylic acids is 1. The van der Waals surface area contributed by atoms with Crippen LogP contribution in [-0.4, -0.2) is 45.1 Å². The van der Waals surface area contributed by atoms with Crippen LogP contribution in [0.15, 0.2) is 30.3 Å². The SMILES string of the molecule is Cc1cc(C)n(-c2ccc(C(=O)N3C[C@@H](O)CO3)cc2)n1. The van der Waals surface area contributed by atoms with Crippen molar-refractivity contribution in [3.05, 3.63) is 47.3 Å². The highest BCUT2D eigenvalue weighted by atomic mass is 16.7. The van der Waals surface area contributed by atoms with Gasteiger partial charge < -0.3 is 5.11 Å². The number of aliphatic hydroxyl groups is 1. The Hall–Kier alpha value is -2.18. The average molecular weight is 287 g/mol. The Bertz CT molecular complexity index is 663. The number of benzene rings is 1. The van der Waals surface area contributed by atoms with Gasteiger partial charge in [-0.3, -0.25) is 9.63 Å². The zero-order valence-electron chi connectivity index (χ0n) is 12.0. The quantitative estimate of drug-likeness (QED) is 0.902. The number of hydrogen-bond donors (Lipinski definition) is 1. The maximum atomic E-state index is 12.2. The second kappa shape index (κ2) is 5.31. The van der Waals surface area contributed by atoms with E-state index >= 15 is 0 Å². The van der Waals surface area contributed by atoms with Crippen LogP contribution in [0.4, 0.5) is 0 Å². The third kappa shape index (κ3) is 2.68. The molecular weight excluding hydrogens is 270 g/mol. The number of amides is 1. The average Bonchev–Trinajstić information content (AvgIpc) is 3.04. The van der Waals surface area contributed by atoms with Crippen molar-refractivity contribution in [2.75, 3.05) is 13.2 Å². The molecule has 2 aromatic rings. The topological polar surface area (TPSA) is 67.6 Å². The third-order valence-corrected chi connectivity index (χ3v) is 3.39. The Labute approximate surface area is 122 Å². The van der Waals surface area contributed by atoms with Crippen LogP contribution >= 0.6 is 0 Å². The van der Waals surface area contributed by atoms with Gasteiger partial charge in [0.25, 0.3) is 5.91 Å². The summed E-state index contributed by atoms with van der Waals surface area (Å²) in [7, 11) is 0. The van der Waals surface area contributed by atoms with Crippen LogP contribution in [0.25, 0.3) is 5.69 Å². The number of aromatic nitrogens is 2. The summed E-state index contributed by atoms with van der Waals surface area (Å²) in [5.74, 6) is -0.244. The number of hydrogen-bond acceptors (Lipinski definition) is 4. The number of aliphatic hydroxyl groups excluding tert-OH is 1. The summed E-state index contributed by atoms with van der Waals surface area (Å²) in [6, 6.07) is 9.17. The lowest BCUT2D eigenvalue weighted by molar-refractivity contribution is -0.0779. The molecule has 1 saturated heterocycles. The molecule has 0 radical (unpaired) electrons. The summed E-state index contributed by atoms with van der Waals surface area (Å²) in [6.45, 7) is 4.30. The van der Waals surface area contributed by atoms with E-state index in [9.17, 15) is 9.90 Å². The molecule has 0 aliphatic carbocycles. The lowest BCUT2D eigenvalue weighted by Crippen LogP contribution is -2.28. The first kappa shape index (κ1) is 13.8. The number of carbonyl (C=O) groups is 1. The van der Waals surface area contributed by atoms with E-state index in [-0.39, 0.29) is 19.1 Å². The Morgan fingerprint density at radius 3 is 2.57 bits per heavy atom. The number of nitrogens with zero attached hydrogens (tertiary/aromatic N) is 3. The highest BCUT2D eigenvalue weighted by Gasteiger charge is 2.26. The van der Waals surface area contributed by atoms with E-state index in [1.54, 1.807) is 12.1 Å². The molecule has 1 aromatic carbocycles. The molecule has 1 fully saturated rings. The van der Waals surface area contributed by atoms with Crippen molar-refractivity contribution in [1.29, 1.82) is 0 Å². The van der Waals surface area contributed by atoms with E-state index in [2.05, 4.69) is 5.10 Å². The van der Waals surface area contributed by atoms with Crippen molar-refractivity contribution >= 4 is 5.91 Å². The fourth-order valence-electron chi connectivity index (χ4n) is 2.39. The Balaban J connectivity index is 1.81. The van der Waals surface area contributed by atoms with Crippen molar-refractivity contribution in [3.8, 4) is 5.69 Å². The van der Waals surface area contributed by atoms with Gasteiger partial charge in [-0.15, -0.1) is 0 Å². The highest BCUT2D eigenvalue weighted by molar-refractivity contribution is 5.93. The first-order valence-corrected chi connectivity index (χ1v) is 6.81. The Morgan fingerprint density at radius 2 is 2.05 bits per heavy atom. The predicted octanol–water partition coefficient (Wildman–Crippen LogP) is 1.24. The first-order chi connectivity index (χ1) is 10.0. The molecule has 110 valence electrons. The lowest BCUT2D eigenvalue weighted by atomic mass is 10.2. The van der Waals surface area contributed by atoms with Crippen molar-refractivity contribution in [2.24, 2.45) is 0 Å². The summed E-state index contributed by atoms with van der Waals surface area (Å²) in [5, 5.41) is 15.0. The molecule has 0 saturated carbocycles. The monoisotopic (exact) mass is 287 g/mol. The molecule has 1 aliphatic rings. The smallest absolute Gasteiger partial charge is 0.277 e. The van der Waals surface area contributed by atoms with E-state index in [1.165, 1.54) is 5.06 Å². The van der Waals surface area contributed by atoms with Crippen LogP contribution in [0.2, 0.25) is 0 Å². The predicted molar refractivity (Wildman–Crippen MR) is 76.0 cm³/mol. The second-order valence-corrected chi connectivity index (χ2v) is 5.20. The normalized spacial score (nSPS) is 18.2. The number of β-amino-alcohol motifs (C(OH)–C–C–N with tert-alkyl or cyclic N) is 1. The van der Waals surface area contributed by atoms with Gasteiger partial charge in [0.2, 0.25) is 0 Å². The molecule has 1 aliphatic heterocycles.